The van der Waals surface area contributed by atoms with Gasteiger partial charge in [-0.05, 0) is 41.3 Å². The van der Waals surface area contributed by atoms with E-state index in [1.54, 1.807) is 18.0 Å². The van der Waals surface area contributed by atoms with Crippen LogP contribution in [0.25, 0.3) is 20.4 Å². The zero-order valence-corrected chi connectivity index (χ0v) is 19.8. The van der Waals surface area contributed by atoms with E-state index in [1.165, 1.54) is 16.9 Å². The largest absolute Gasteiger partial charge is 0.286 e. The van der Waals surface area contributed by atoms with Crippen LogP contribution in [0.2, 0.25) is 5.02 Å². The number of hydrogen-bond donors (Lipinski definition) is 0. The van der Waals surface area contributed by atoms with Gasteiger partial charge in [0.2, 0.25) is 0 Å². The van der Waals surface area contributed by atoms with Crippen molar-refractivity contribution in [2.75, 3.05) is 0 Å². The third-order valence-corrected chi connectivity index (χ3v) is 7.77. The smallest absolute Gasteiger partial charge is 0.272 e. The molecule has 1 atom stereocenters. The molecule has 0 saturated heterocycles. The lowest BCUT2D eigenvalue weighted by Crippen LogP contribution is -2.25. The molecule has 3 aromatic heterocycles. The predicted octanol–water partition coefficient (Wildman–Crippen LogP) is 6.76. The fourth-order valence-corrected chi connectivity index (χ4v) is 5.94. The maximum Gasteiger partial charge on any atom is 0.272 e. The molecule has 1 unspecified atom stereocenters. The first-order chi connectivity index (χ1) is 15.6. The van der Waals surface area contributed by atoms with Crippen LogP contribution in [0.15, 0.2) is 82.9 Å². The molecule has 0 fully saturated rings. The number of fused-ring (bicyclic) bond motifs is 3. The molecule has 4 nitrogen and oxygen atoms in total. The minimum Gasteiger partial charge on any atom is -0.286 e. The van der Waals surface area contributed by atoms with Gasteiger partial charge in [0.1, 0.15) is 9.53 Å². The molecule has 0 spiro atoms. The number of thioether (sulfide) groups is 1. The third-order valence-electron chi connectivity index (χ3n) is 5.40. The summed E-state index contributed by atoms with van der Waals surface area (Å²) in [7, 11) is 0. The number of thiophene rings is 1. The van der Waals surface area contributed by atoms with E-state index >= 15 is 0 Å². The molecule has 160 valence electrons. The van der Waals surface area contributed by atoms with E-state index in [1.807, 2.05) is 59.2 Å². The second-order valence-corrected chi connectivity index (χ2v) is 10.1. The van der Waals surface area contributed by atoms with Gasteiger partial charge in [0.25, 0.3) is 5.56 Å². The van der Waals surface area contributed by atoms with Gasteiger partial charge >= 0.3 is 0 Å². The van der Waals surface area contributed by atoms with Crippen LogP contribution in [-0.2, 0) is 12.3 Å². The van der Waals surface area contributed by atoms with Gasteiger partial charge in [-0.25, -0.2) is 9.97 Å². The van der Waals surface area contributed by atoms with Gasteiger partial charge in [-0.2, -0.15) is 0 Å². The molecule has 0 aliphatic rings. The summed E-state index contributed by atoms with van der Waals surface area (Å²) in [5, 5.41) is 2.35. The average molecular weight is 478 g/mol. The molecule has 0 aliphatic heterocycles. The number of nitrogens with zero attached hydrogens (tertiary/aromatic N) is 3. The number of rotatable bonds is 6. The van der Waals surface area contributed by atoms with Crippen molar-refractivity contribution in [1.82, 2.24) is 14.5 Å². The average Bonchev–Trinajstić information content (AvgIpc) is 3.19. The summed E-state index contributed by atoms with van der Waals surface area (Å²) in [6.07, 6.45) is 1.75. The summed E-state index contributed by atoms with van der Waals surface area (Å²) in [5.41, 5.74) is 3.02. The minimum absolute atomic E-state index is 0.00521. The summed E-state index contributed by atoms with van der Waals surface area (Å²) >= 11 is 9.14. The summed E-state index contributed by atoms with van der Waals surface area (Å²) in [6, 6.07) is 21.9. The highest BCUT2D eigenvalue weighted by Crippen LogP contribution is 2.32. The molecule has 5 rings (SSSR count). The highest BCUT2D eigenvalue weighted by Gasteiger charge is 2.19. The van der Waals surface area contributed by atoms with Crippen molar-refractivity contribution in [3.8, 4) is 0 Å². The zero-order chi connectivity index (χ0) is 22.1. The molecule has 3 heterocycles. The molecule has 0 bridgehead atoms. The number of benzene rings is 2. The normalized spacial score (nSPS) is 12.4. The van der Waals surface area contributed by atoms with E-state index < -0.39 is 0 Å². The lowest BCUT2D eigenvalue weighted by molar-refractivity contribution is 0.532. The Morgan fingerprint density at radius 3 is 2.75 bits per heavy atom. The highest BCUT2D eigenvalue weighted by molar-refractivity contribution is 7.98. The van der Waals surface area contributed by atoms with Crippen molar-refractivity contribution >= 4 is 55.1 Å². The molecular formula is C25H20ClN3OS2. The summed E-state index contributed by atoms with van der Waals surface area (Å²) in [6.45, 7) is 2.70. The molecule has 32 heavy (non-hydrogen) atoms. The van der Waals surface area contributed by atoms with Crippen LogP contribution in [0.4, 0.5) is 0 Å². The molecule has 0 N–H and O–H groups in total. The van der Waals surface area contributed by atoms with Gasteiger partial charge in [0, 0.05) is 28.9 Å². The second-order valence-electron chi connectivity index (χ2n) is 7.68. The molecule has 2 aromatic carbocycles. The molecule has 0 saturated carbocycles. The molecule has 0 amide bonds. The Balaban J connectivity index is 1.60. The van der Waals surface area contributed by atoms with Crippen LogP contribution < -0.4 is 5.56 Å². The topological polar surface area (TPSA) is 47.8 Å². The van der Waals surface area contributed by atoms with Crippen LogP contribution in [0.1, 0.15) is 24.0 Å². The fourth-order valence-electron chi connectivity index (χ4n) is 3.75. The Morgan fingerprint density at radius 1 is 1.09 bits per heavy atom. The Labute approximate surface area is 198 Å². The number of aromatic nitrogens is 3. The highest BCUT2D eigenvalue weighted by atomic mass is 35.5. The first-order valence-corrected chi connectivity index (χ1v) is 12.5. The van der Waals surface area contributed by atoms with Crippen LogP contribution in [0, 0.1) is 0 Å². The number of pyridine rings is 1. The number of hydrogen-bond acceptors (Lipinski definition) is 5. The SMILES string of the molecule is CC(Cn1c(SCc2cccc(Cl)c2)nc2c(sc3ncccc32)c1=O)c1ccccc1. The maximum atomic E-state index is 13.6. The predicted molar refractivity (Wildman–Crippen MR) is 135 cm³/mol. The quantitative estimate of drug-likeness (QED) is 0.200. The first kappa shape index (κ1) is 21.2. The van der Waals surface area contributed by atoms with Gasteiger partial charge in [-0.1, -0.05) is 72.8 Å². The van der Waals surface area contributed by atoms with Crippen molar-refractivity contribution in [3.63, 3.8) is 0 Å². The second kappa shape index (κ2) is 9.06. The maximum absolute atomic E-state index is 13.6. The van der Waals surface area contributed by atoms with Gasteiger partial charge < -0.3 is 0 Å². The van der Waals surface area contributed by atoms with E-state index in [0.29, 0.717) is 27.2 Å². The summed E-state index contributed by atoms with van der Waals surface area (Å²) in [5.74, 6) is 0.851. The fraction of sp³-hybridized carbons (Fsp3) is 0.160. The first-order valence-electron chi connectivity index (χ1n) is 10.3. The third kappa shape index (κ3) is 4.18. The van der Waals surface area contributed by atoms with E-state index in [4.69, 9.17) is 16.6 Å². The zero-order valence-electron chi connectivity index (χ0n) is 17.4. The molecule has 0 radical (unpaired) electrons. The van der Waals surface area contributed by atoms with Crippen molar-refractivity contribution in [3.05, 3.63) is 99.4 Å². The lowest BCUT2D eigenvalue weighted by atomic mass is 10.0. The summed E-state index contributed by atoms with van der Waals surface area (Å²) in [4.78, 5) is 23.9. The van der Waals surface area contributed by atoms with E-state index in [0.717, 1.165) is 21.3 Å². The van der Waals surface area contributed by atoms with Gasteiger partial charge in [-0.15, -0.1) is 11.3 Å². The van der Waals surface area contributed by atoms with Crippen molar-refractivity contribution < 1.29 is 0 Å². The lowest BCUT2D eigenvalue weighted by Gasteiger charge is -2.17. The van der Waals surface area contributed by atoms with Crippen LogP contribution in [-0.4, -0.2) is 14.5 Å². The van der Waals surface area contributed by atoms with Gasteiger partial charge in [-0.3, -0.25) is 9.36 Å². The van der Waals surface area contributed by atoms with Gasteiger partial charge in [0.05, 0.1) is 5.52 Å². The van der Waals surface area contributed by atoms with Crippen LogP contribution in [0.3, 0.4) is 0 Å². The van der Waals surface area contributed by atoms with Crippen molar-refractivity contribution in [2.45, 2.75) is 30.3 Å². The van der Waals surface area contributed by atoms with E-state index in [9.17, 15) is 4.79 Å². The monoisotopic (exact) mass is 477 g/mol. The standard InChI is InChI=1S/C25H20ClN3OS2/c1-16(18-8-3-2-4-9-18)14-29-24(30)22-21(20-11-6-12-27-23(20)32-22)28-25(29)31-15-17-7-5-10-19(26)13-17/h2-13,16H,14-15H2,1H3. The Hall–Kier alpha value is -2.67. The summed E-state index contributed by atoms with van der Waals surface area (Å²) < 4.78 is 2.48. The van der Waals surface area contributed by atoms with Crippen molar-refractivity contribution in [2.24, 2.45) is 0 Å². The van der Waals surface area contributed by atoms with E-state index in [2.05, 4.69) is 24.0 Å². The van der Waals surface area contributed by atoms with Gasteiger partial charge in [0.15, 0.2) is 5.16 Å². The molecule has 7 heteroatoms. The number of halogens is 1. The molecule has 5 aromatic rings. The van der Waals surface area contributed by atoms with Crippen molar-refractivity contribution in [1.29, 1.82) is 0 Å². The van der Waals surface area contributed by atoms with Crippen LogP contribution in [0.5, 0.6) is 0 Å². The van der Waals surface area contributed by atoms with Crippen LogP contribution >= 0.6 is 34.7 Å². The van der Waals surface area contributed by atoms with E-state index in [-0.39, 0.29) is 11.5 Å². The Morgan fingerprint density at radius 2 is 1.94 bits per heavy atom. The molecule has 0 aliphatic carbocycles. The Bertz CT molecular complexity index is 1460. The minimum atomic E-state index is -0.00521. The Kier molecular flexibility index (Phi) is 6.00. The molecular weight excluding hydrogens is 458 g/mol.